The summed E-state index contributed by atoms with van der Waals surface area (Å²) in [7, 11) is 0. The van der Waals surface area contributed by atoms with Gasteiger partial charge in [-0.25, -0.2) is 4.98 Å². The van der Waals surface area contributed by atoms with Crippen LogP contribution in [0.5, 0.6) is 5.75 Å². The fourth-order valence-electron chi connectivity index (χ4n) is 1.87. The van der Waals surface area contributed by atoms with Crippen molar-refractivity contribution in [3.63, 3.8) is 0 Å². The Balaban J connectivity index is 2.06. The van der Waals surface area contributed by atoms with Crippen molar-refractivity contribution in [2.24, 2.45) is 10.2 Å². The molecule has 0 unspecified atom stereocenters. The number of imidazole rings is 1. The monoisotopic (exact) mass is 252 g/mol. The topological polar surface area (TPSA) is 62.2 Å². The minimum atomic E-state index is 0.109. The van der Waals surface area contributed by atoms with Gasteiger partial charge in [0.2, 0.25) is 0 Å². The highest BCUT2D eigenvalue weighted by atomic mass is 16.3. The third-order valence-electron chi connectivity index (χ3n) is 2.81. The molecule has 0 spiro atoms. The molecule has 2 heterocycles. The summed E-state index contributed by atoms with van der Waals surface area (Å²) in [5, 5.41) is 17.9. The first-order valence-electron chi connectivity index (χ1n) is 5.89. The molecule has 5 heteroatoms. The van der Waals surface area contributed by atoms with Gasteiger partial charge >= 0.3 is 0 Å². The molecule has 3 rings (SSSR count). The Morgan fingerprint density at radius 3 is 2.68 bits per heavy atom. The lowest BCUT2D eigenvalue weighted by Gasteiger charge is -1.97. The minimum absolute atomic E-state index is 0.109. The fourth-order valence-corrected chi connectivity index (χ4v) is 1.87. The number of azo groups is 1. The summed E-state index contributed by atoms with van der Waals surface area (Å²) in [5.74, 6) is 0.775. The van der Waals surface area contributed by atoms with Crippen LogP contribution in [0.4, 0.5) is 11.5 Å². The van der Waals surface area contributed by atoms with E-state index >= 15 is 0 Å². The largest absolute Gasteiger partial charge is 0.506 e. The van der Waals surface area contributed by atoms with Crippen molar-refractivity contribution in [3.8, 4) is 5.75 Å². The maximum Gasteiger partial charge on any atom is 0.182 e. The Bertz CT molecular complexity index is 761. The summed E-state index contributed by atoms with van der Waals surface area (Å²) >= 11 is 0. The van der Waals surface area contributed by atoms with Crippen LogP contribution in [0.1, 0.15) is 5.69 Å². The van der Waals surface area contributed by atoms with Crippen molar-refractivity contribution in [2.75, 3.05) is 0 Å². The van der Waals surface area contributed by atoms with E-state index in [9.17, 15) is 5.11 Å². The van der Waals surface area contributed by atoms with Gasteiger partial charge in [0.1, 0.15) is 17.1 Å². The van der Waals surface area contributed by atoms with Gasteiger partial charge in [-0.3, -0.25) is 4.40 Å². The third kappa shape index (κ3) is 2.06. The number of aromatic hydroxyl groups is 1. The van der Waals surface area contributed by atoms with Crippen LogP contribution >= 0.6 is 0 Å². The van der Waals surface area contributed by atoms with Gasteiger partial charge in [-0.2, -0.15) is 0 Å². The zero-order chi connectivity index (χ0) is 13.2. The van der Waals surface area contributed by atoms with Crippen LogP contribution in [-0.4, -0.2) is 14.5 Å². The average molecular weight is 252 g/mol. The SMILES string of the molecule is Cc1nc2ccccn2c1N=Nc1ccccc1O. The second-order valence-corrected chi connectivity index (χ2v) is 4.14. The smallest absolute Gasteiger partial charge is 0.182 e. The number of hydrogen-bond acceptors (Lipinski definition) is 4. The number of aromatic nitrogens is 2. The van der Waals surface area contributed by atoms with Gasteiger partial charge in [0.05, 0.1) is 5.69 Å². The van der Waals surface area contributed by atoms with Crippen LogP contribution in [0.25, 0.3) is 5.65 Å². The van der Waals surface area contributed by atoms with E-state index in [-0.39, 0.29) is 5.75 Å². The van der Waals surface area contributed by atoms with Crippen molar-refractivity contribution >= 4 is 17.2 Å². The van der Waals surface area contributed by atoms with Gasteiger partial charge in [-0.1, -0.05) is 18.2 Å². The zero-order valence-corrected chi connectivity index (χ0v) is 10.4. The maximum absolute atomic E-state index is 9.65. The molecule has 94 valence electrons. The highest BCUT2D eigenvalue weighted by Crippen LogP contribution is 2.28. The summed E-state index contributed by atoms with van der Waals surface area (Å²) < 4.78 is 1.86. The number of hydrogen-bond donors (Lipinski definition) is 1. The molecule has 1 N–H and O–H groups in total. The Morgan fingerprint density at radius 1 is 1.05 bits per heavy atom. The standard InChI is InChI=1S/C14H12N4O/c1-10-14(18-9-5-4-8-13(18)15-10)17-16-11-6-2-3-7-12(11)19/h2-9,19H,1H3. The van der Waals surface area contributed by atoms with Gasteiger partial charge in [0, 0.05) is 6.20 Å². The number of para-hydroxylation sites is 1. The molecule has 19 heavy (non-hydrogen) atoms. The predicted octanol–water partition coefficient (Wildman–Crippen LogP) is 3.76. The fraction of sp³-hybridized carbons (Fsp3) is 0.0714. The van der Waals surface area contributed by atoms with Crippen molar-refractivity contribution in [1.29, 1.82) is 0 Å². The average Bonchev–Trinajstić information content (AvgIpc) is 2.74. The number of aryl methyl sites for hydroxylation is 1. The molecule has 0 aliphatic rings. The second-order valence-electron chi connectivity index (χ2n) is 4.14. The summed E-state index contributed by atoms with van der Waals surface area (Å²) in [6.45, 7) is 1.88. The van der Waals surface area contributed by atoms with E-state index in [0.29, 0.717) is 11.5 Å². The number of phenols is 1. The highest BCUT2D eigenvalue weighted by molar-refractivity contribution is 5.53. The van der Waals surface area contributed by atoms with Crippen LogP contribution in [-0.2, 0) is 0 Å². The lowest BCUT2D eigenvalue weighted by Crippen LogP contribution is -1.80. The normalized spacial score (nSPS) is 11.4. The molecule has 0 aliphatic carbocycles. The second kappa shape index (κ2) is 4.53. The molecule has 2 aromatic heterocycles. The van der Waals surface area contributed by atoms with E-state index in [0.717, 1.165) is 11.3 Å². The van der Waals surface area contributed by atoms with E-state index in [2.05, 4.69) is 15.2 Å². The zero-order valence-electron chi connectivity index (χ0n) is 10.4. The molecular formula is C14H12N4O. The number of nitrogens with zero attached hydrogens (tertiary/aromatic N) is 4. The molecule has 3 aromatic rings. The Morgan fingerprint density at radius 2 is 1.84 bits per heavy atom. The number of pyridine rings is 1. The van der Waals surface area contributed by atoms with Gasteiger partial charge < -0.3 is 5.11 Å². The molecule has 5 nitrogen and oxygen atoms in total. The molecule has 0 saturated heterocycles. The minimum Gasteiger partial charge on any atom is -0.506 e. The van der Waals surface area contributed by atoms with E-state index in [1.54, 1.807) is 24.3 Å². The van der Waals surface area contributed by atoms with E-state index in [4.69, 9.17) is 0 Å². The van der Waals surface area contributed by atoms with Crippen LogP contribution in [0.2, 0.25) is 0 Å². The van der Waals surface area contributed by atoms with Crippen LogP contribution in [0.3, 0.4) is 0 Å². The van der Waals surface area contributed by atoms with Crippen molar-refractivity contribution in [2.45, 2.75) is 6.92 Å². The molecule has 0 atom stereocenters. The molecule has 0 fully saturated rings. The van der Waals surface area contributed by atoms with Crippen LogP contribution in [0, 0.1) is 6.92 Å². The summed E-state index contributed by atoms with van der Waals surface area (Å²) in [4.78, 5) is 4.39. The van der Waals surface area contributed by atoms with E-state index < -0.39 is 0 Å². The van der Waals surface area contributed by atoms with Crippen LogP contribution in [0.15, 0.2) is 58.9 Å². The first kappa shape index (κ1) is 11.4. The lowest BCUT2D eigenvalue weighted by atomic mass is 10.3. The molecule has 0 aliphatic heterocycles. The third-order valence-corrected chi connectivity index (χ3v) is 2.81. The quantitative estimate of drug-likeness (QED) is 0.706. The van der Waals surface area contributed by atoms with Crippen molar-refractivity contribution < 1.29 is 5.11 Å². The summed E-state index contributed by atoms with van der Waals surface area (Å²) in [6.07, 6.45) is 1.88. The molecule has 1 aromatic carbocycles. The van der Waals surface area contributed by atoms with Gasteiger partial charge in [0.25, 0.3) is 0 Å². The van der Waals surface area contributed by atoms with Crippen molar-refractivity contribution in [1.82, 2.24) is 9.38 Å². The first-order valence-corrected chi connectivity index (χ1v) is 5.89. The first-order chi connectivity index (χ1) is 9.25. The molecule has 0 radical (unpaired) electrons. The predicted molar refractivity (Wildman–Crippen MR) is 72.2 cm³/mol. The molecule has 0 saturated carbocycles. The summed E-state index contributed by atoms with van der Waals surface area (Å²) in [5.41, 5.74) is 2.06. The van der Waals surface area contributed by atoms with E-state index in [1.807, 2.05) is 35.7 Å². The van der Waals surface area contributed by atoms with Gasteiger partial charge in [-0.15, -0.1) is 10.2 Å². The Kier molecular flexibility index (Phi) is 2.72. The van der Waals surface area contributed by atoms with E-state index in [1.165, 1.54) is 0 Å². The Hall–Kier alpha value is -2.69. The number of rotatable bonds is 2. The highest BCUT2D eigenvalue weighted by Gasteiger charge is 2.07. The van der Waals surface area contributed by atoms with Gasteiger partial charge in [-0.05, 0) is 31.2 Å². The molecule has 0 bridgehead atoms. The number of fused-ring (bicyclic) bond motifs is 1. The van der Waals surface area contributed by atoms with Gasteiger partial charge in [0.15, 0.2) is 5.82 Å². The molecular weight excluding hydrogens is 240 g/mol. The van der Waals surface area contributed by atoms with Crippen molar-refractivity contribution in [3.05, 3.63) is 54.4 Å². The Labute approximate surface area is 109 Å². The maximum atomic E-state index is 9.65. The number of benzene rings is 1. The lowest BCUT2D eigenvalue weighted by molar-refractivity contribution is 0.476. The molecule has 0 amide bonds. The summed E-state index contributed by atoms with van der Waals surface area (Å²) in [6, 6.07) is 12.6. The number of phenolic OH excluding ortho intramolecular Hbond substituents is 1. The van der Waals surface area contributed by atoms with Crippen LogP contribution < -0.4 is 0 Å².